The van der Waals surface area contributed by atoms with E-state index in [2.05, 4.69) is 20.8 Å². The molecule has 0 spiro atoms. The lowest BCUT2D eigenvalue weighted by molar-refractivity contribution is 0.0846. The van der Waals surface area contributed by atoms with Crippen LogP contribution >= 0.6 is 0 Å². The van der Waals surface area contributed by atoms with Gasteiger partial charge < -0.3 is 9.47 Å². The molecule has 1 aromatic carbocycles. The van der Waals surface area contributed by atoms with Gasteiger partial charge in [-0.1, -0.05) is 0 Å². The summed E-state index contributed by atoms with van der Waals surface area (Å²) in [5, 5.41) is 0.741. The first kappa shape index (κ1) is 15.8. The van der Waals surface area contributed by atoms with Crippen LogP contribution in [0.5, 0.6) is 11.5 Å². The minimum atomic E-state index is -0.468. The predicted octanol–water partition coefficient (Wildman–Crippen LogP) is 1.74. The van der Waals surface area contributed by atoms with Crippen molar-refractivity contribution in [3.05, 3.63) is 59.4 Å². The molecule has 1 aliphatic rings. The Morgan fingerprint density at radius 1 is 1.04 bits per heavy atom. The molecule has 0 aliphatic carbocycles. The van der Waals surface area contributed by atoms with Gasteiger partial charge in [0.25, 0.3) is 11.8 Å². The molecular formula is C18H14N4O4. The third-order valence-corrected chi connectivity index (χ3v) is 3.95. The topological polar surface area (TPSA) is 102 Å². The molecule has 2 aromatic heterocycles. The maximum Gasteiger partial charge on any atom is 0.271 e. The minimum absolute atomic E-state index is 0.125. The summed E-state index contributed by atoms with van der Waals surface area (Å²) in [6, 6.07) is 10.1. The zero-order valence-corrected chi connectivity index (χ0v) is 13.8. The number of hydrogen-bond donors (Lipinski definition) is 2. The van der Waals surface area contributed by atoms with Gasteiger partial charge in [0.2, 0.25) is 6.79 Å². The van der Waals surface area contributed by atoms with Crippen molar-refractivity contribution in [2.75, 3.05) is 6.79 Å². The van der Waals surface area contributed by atoms with E-state index < -0.39 is 11.8 Å². The maximum absolute atomic E-state index is 12.4. The fourth-order valence-corrected chi connectivity index (χ4v) is 2.62. The molecule has 4 rings (SSSR count). The molecule has 0 unspecified atom stereocenters. The number of nitrogens with zero attached hydrogens (tertiary/aromatic N) is 2. The summed E-state index contributed by atoms with van der Waals surface area (Å²) in [5.74, 6) is 0.141. The molecule has 26 heavy (non-hydrogen) atoms. The Kier molecular flexibility index (Phi) is 3.85. The van der Waals surface area contributed by atoms with E-state index in [9.17, 15) is 9.59 Å². The standard InChI is InChI=1S/C18H14N4O4/c1-10-13(7-11-3-2-6-19-16(11)20-10)18(24)22-21-17(23)12-4-5-14-15(8-12)26-9-25-14/h2-8H,9H2,1H3,(H,21,23)(H,22,24). The number of aromatic nitrogens is 2. The minimum Gasteiger partial charge on any atom is -0.454 e. The first-order valence-corrected chi connectivity index (χ1v) is 7.84. The maximum atomic E-state index is 12.4. The molecule has 0 radical (unpaired) electrons. The van der Waals surface area contributed by atoms with Gasteiger partial charge in [0.15, 0.2) is 17.1 Å². The van der Waals surface area contributed by atoms with Gasteiger partial charge in [0, 0.05) is 17.1 Å². The molecule has 0 saturated heterocycles. The number of aryl methyl sites for hydroxylation is 1. The Balaban J connectivity index is 1.48. The molecule has 2 amide bonds. The summed E-state index contributed by atoms with van der Waals surface area (Å²) >= 11 is 0. The van der Waals surface area contributed by atoms with Crippen LogP contribution in [-0.2, 0) is 0 Å². The number of pyridine rings is 2. The monoisotopic (exact) mass is 350 g/mol. The SMILES string of the molecule is Cc1nc2ncccc2cc1C(=O)NNC(=O)c1ccc2c(c1)OCO2. The van der Waals surface area contributed by atoms with Crippen molar-refractivity contribution < 1.29 is 19.1 Å². The van der Waals surface area contributed by atoms with Gasteiger partial charge in [-0.15, -0.1) is 0 Å². The highest BCUT2D eigenvalue weighted by atomic mass is 16.7. The Morgan fingerprint density at radius 2 is 1.85 bits per heavy atom. The third kappa shape index (κ3) is 2.88. The first-order valence-electron chi connectivity index (χ1n) is 7.84. The molecule has 130 valence electrons. The lowest BCUT2D eigenvalue weighted by Gasteiger charge is -2.10. The second-order valence-corrected chi connectivity index (χ2v) is 5.65. The van der Waals surface area contributed by atoms with Crippen LogP contribution in [0.25, 0.3) is 11.0 Å². The average Bonchev–Trinajstić information content (AvgIpc) is 3.13. The Hall–Kier alpha value is -3.68. The molecular weight excluding hydrogens is 336 g/mol. The van der Waals surface area contributed by atoms with Gasteiger partial charge in [-0.2, -0.15) is 0 Å². The summed E-state index contributed by atoms with van der Waals surface area (Å²) < 4.78 is 10.4. The first-order chi connectivity index (χ1) is 12.6. The lowest BCUT2D eigenvalue weighted by Crippen LogP contribution is -2.41. The number of rotatable bonds is 2. The van der Waals surface area contributed by atoms with Gasteiger partial charge in [0.1, 0.15) is 0 Å². The number of fused-ring (bicyclic) bond motifs is 2. The van der Waals surface area contributed by atoms with Gasteiger partial charge in [-0.05, 0) is 43.3 Å². The molecule has 1 aliphatic heterocycles. The van der Waals surface area contributed by atoms with E-state index in [1.54, 1.807) is 43.5 Å². The molecule has 3 aromatic rings. The van der Waals surface area contributed by atoms with E-state index in [1.807, 2.05) is 6.07 Å². The van der Waals surface area contributed by atoms with Crippen molar-refractivity contribution in [3.63, 3.8) is 0 Å². The van der Waals surface area contributed by atoms with Crippen LogP contribution in [0, 0.1) is 6.92 Å². The zero-order chi connectivity index (χ0) is 18.1. The molecule has 2 N–H and O–H groups in total. The van der Waals surface area contributed by atoms with Crippen molar-refractivity contribution in [3.8, 4) is 11.5 Å². The number of hydrogen-bond acceptors (Lipinski definition) is 6. The normalized spacial score (nSPS) is 12.0. The molecule has 0 atom stereocenters. The second-order valence-electron chi connectivity index (χ2n) is 5.65. The van der Waals surface area contributed by atoms with Crippen LogP contribution in [0.2, 0.25) is 0 Å². The van der Waals surface area contributed by atoms with Crippen molar-refractivity contribution >= 4 is 22.8 Å². The number of ether oxygens (including phenoxy) is 2. The quantitative estimate of drug-likeness (QED) is 0.683. The van der Waals surface area contributed by atoms with Crippen molar-refractivity contribution in [1.29, 1.82) is 0 Å². The highest BCUT2D eigenvalue weighted by molar-refractivity contribution is 6.01. The Morgan fingerprint density at radius 3 is 2.73 bits per heavy atom. The van der Waals surface area contributed by atoms with Crippen LogP contribution in [0.3, 0.4) is 0 Å². The summed E-state index contributed by atoms with van der Waals surface area (Å²) in [6.07, 6.45) is 1.64. The molecule has 0 fully saturated rings. The summed E-state index contributed by atoms with van der Waals surface area (Å²) in [7, 11) is 0. The molecule has 8 heteroatoms. The van der Waals surface area contributed by atoms with Crippen LogP contribution < -0.4 is 20.3 Å². The van der Waals surface area contributed by atoms with Crippen LogP contribution in [0.15, 0.2) is 42.6 Å². The van der Waals surface area contributed by atoms with E-state index in [-0.39, 0.29) is 6.79 Å². The van der Waals surface area contributed by atoms with Gasteiger partial charge in [-0.25, -0.2) is 9.97 Å². The van der Waals surface area contributed by atoms with E-state index in [4.69, 9.17) is 9.47 Å². The number of carbonyl (C=O) groups is 2. The summed E-state index contributed by atoms with van der Waals surface area (Å²) in [6.45, 7) is 1.84. The number of hydrazine groups is 1. The van der Waals surface area contributed by atoms with Gasteiger partial charge >= 0.3 is 0 Å². The predicted molar refractivity (Wildman–Crippen MR) is 91.8 cm³/mol. The summed E-state index contributed by atoms with van der Waals surface area (Å²) in [5.41, 5.74) is 6.56. The smallest absolute Gasteiger partial charge is 0.271 e. The van der Waals surface area contributed by atoms with E-state index in [1.165, 1.54) is 0 Å². The number of carbonyl (C=O) groups excluding carboxylic acids is 2. The highest BCUT2D eigenvalue weighted by Gasteiger charge is 2.17. The van der Waals surface area contributed by atoms with Gasteiger partial charge in [-0.3, -0.25) is 20.4 Å². The van der Waals surface area contributed by atoms with E-state index in [0.717, 1.165) is 5.39 Å². The lowest BCUT2D eigenvalue weighted by atomic mass is 10.1. The number of nitrogens with one attached hydrogen (secondary N) is 2. The zero-order valence-electron chi connectivity index (χ0n) is 13.8. The Bertz CT molecular complexity index is 1030. The van der Waals surface area contributed by atoms with E-state index >= 15 is 0 Å². The second kappa shape index (κ2) is 6.32. The average molecular weight is 350 g/mol. The van der Waals surface area contributed by atoms with Crippen LogP contribution in [-0.4, -0.2) is 28.6 Å². The van der Waals surface area contributed by atoms with Gasteiger partial charge in [0.05, 0.1) is 11.3 Å². The number of amides is 2. The highest BCUT2D eigenvalue weighted by Crippen LogP contribution is 2.32. The summed E-state index contributed by atoms with van der Waals surface area (Å²) in [4.78, 5) is 33.1. The third-order valence-electron chi connectivity index (χ3n) is 3.95. The molecule has 8 nitrogen and oxygen atoms in total. The van der Waals surface area contributed by atoms with E-state index in [0.29, 0.717) is 34.0 Å². The van der Waals surface area contributed by atoms with Crippen LogP contribution in [0.4, 0.5) is 0 Å². The fourth-order valence-electron chi connectivity index (χ4n) is 2.62. The Labute approximate surface area is 148 Å². The largest absolute Gasteiger partial charge is 0.454 e. The van der Waals surface area contributed by atoms with Crippen LogP contribution in [0.1, 0.15) is 26.4 Å². The van der Waals surface area contributed by atoms with Crippen molar-refractivity contribution in [1.82, 2.24) is 20.8 Å². The molecule has 3 heterocycles. The molecule has 0 bridgehead atoms. The fraction of sp³-hybridized carbons (Fsp3) is 0.111. The van der Waals surface area contributed by atoms with Crippen molar-refractivity contribution in [2.24, 2.45) is 0 Å². The molecule has 0 saturated carbocycles. The van der Waals surface area contributed by atoms with Crippen molar-refractivity contribution in [2.45, 2.75) is 6.92 Å². The number of benzene rings is 1.